The van der Waals surface area contributed by atoms with Gasteiger partial charge in [0.15, 0.2) is 0 Å². The quantitative estimate of drug-likeness (QED) is 0.800. The smallest absolute Gasteiger partial charge is 0.141 e. The van der Waals surface area contributed by atoms with Crippen molar-refractivity contribution in [3.05, 3.63) is 29.8 Å². The van der Waals surface area contributed by atoms with Crippen LogP contribution in [-0.4, -0.2) is 34.6 Å². The second-order valence-electron chi connectivity index (χ2n) is 6.93. The molecule has 21 heavy (non-hydrogen) atoms. The van der Waals surface area contributed by atoms with Crippen molar-refractivity contribution >= 4 is 0 Å². The zero-order valence-corrected chi connectivity index (χ0v) is 12.7. The fourth-order valence-corrected chi connectivity index (χ4v) is 2.92. The number of pyridine rings is 1. The second kappa shape index (κ2) is 6.41. The van der Waals surface area contributed by atoms with Crippen molar-refractivity contribution in [2.75, 3.05) is 19.6 Å². The molecule has 2 unspecified atom stereocenters. The van der Waals surface area contributed by atoms with Crippen LogP contribution in [0.25, 0.3) is 0 Å². The maximum absolute atomic E-state index is 12.9. The number of hydrogen-bond donors (Lipinski definition) is 1. The van der Waals surface area contributed by atoms with Crippen LogP contribution in [0, 0.1) is 23.6 Å². The van der Waals surface area contributed by atoms with Gasteiger partial charge in [-0.2, -0.15) is 0 Å². The molecule has 0 aliphatic heterocycles. The van der Waals surface area contributed by atoms with Crippen LogP contribution in [0.2, 0.25) is 0 Å². The zero-order valence-electron chi connectivity index (χ0n) is 12.7. The van der Waals surface area contributed by atoms with Gasteiger partial charge in [0, 0.05) is 25.6 Å². The van der Waals surface area contributed by atoms with E-state index in [4.69, 9.17) is 0 Å². The van der Waals surface area contributed by atoms with Gasteiger partial charge in [-0.3, -0.25) is 4.98 Å². The fraction of sp³-hybridized carbons (Fsp3) is 0.706. The van der Waals surface area contributed by atoms with E-state index in [0.29, 0.717) is 5.69 Å². The van der Waals surface area contributed by atoms with Crippen LogP contribution < -0.4 is 0 Å². The van der Waals surface area contributed by atoms with Gasteiger partial charge in [-0.25, -0.2) is 4.39 Å². The molecule has 1 N–H and O–H groups in total. The molecule has 116 valence electrons. The summed E-state index contributed by atoms with van der Waals surface area (Å²) in [5.74, 6) is 1.50. The van der Waals surface area contributed by atoms with E-state index < -0.39 is 6.10 Å². The molecule has 2 aliphatic carbocycles. The molecular formula is C17H25FN2O. The van der Waals surface area contributed by atoms with Gasteiger partial charge in [-0.15, -0.1) is 0 Å². The molecule has 4 heteroatoms. The molecule has 1 aromatic heterocycles. The van der Waals surface area contributed by atoms with Crippen molar-refractivity contribution in [3.8, 4) is 0 Å². The summed E-state index contributed by atoms with van der Waals surface area (Å²) in [4.78, 5) is 6.53. The van der Waals surface area contributed by atoms with Crippen LogP contribution in [0.1, 0.15) is 44.4 Å². The zero-order chi connectivity index (χ0) is 14.8. The monoisotopic (exact) mass is 292 g/mol. The molecule has 1 heterocycles. The van der Waals surface area contributed by atoms with E-state index in [1.807, 2.05) is 0 Å². The number of halogens is 1. The lowest BCUT2D eigenvalue weighted by atomic mass is 10.0. The third-order valence-corrected chi connectivity index (χ3v) is 4.57. The van der Waals surface area contributed by atoms with E-state index in [9.17, 15) is 9.50 Å². The Morgan fingerprint density at radius 2 is 1.86 bits per heavy atom. The van der Waals surface area contributed by atoms with Gasteiger partial charge in [0.1, 0.15) is 5.82 Å². The summed E-state index contributed by atoms with van der Waals surface area (Å²) in [7, 11) is 0. The minimum Gasteiger partial charge on any atom is -0.386 e. The lowest BCUT2D eigenvalue weighted by Gasteiger charge is -2.28. The van der Waals surface area contributed by atoms with Crippen LogP contribution in [-0.2, 0) is 0 Å². The van der Waals surface area contributed by atoms with Crippen molar-refractivity contribution in [1.82, 2.24) is 9.88 Å². The highest BCUT2D eigenvalue weighted by Gasteiger charge is 2.31. The highest BCUT2D eigenvalue weighted by Crippen LogP contribution is 2.34. The summed E-state index contributed by atoms with van der Waals surface area (Å²) >= 11 is 0. The first kappa shape index (κ1) is 14.9. The first-order valence-corrected chi connectivity index (χ1v) is 8.13. The summed E-state index contributed by atoms with van der Waals surface area (Å²) < 4.78 is 12.9. The Labute approximate surface area is 126 Å². The third-order valence-electron chi connectivity index (χ3n) is 4.57. The second-order valence-corrected chi connectivity index (χ2v) is 6.93. The minimum atomic E-state index is -0.619. The summed E-state index contributed by atoms with van der Waals surface area (Å²) in [5.41, 5.74) is 0.571. The van der Waals surface area contributed by atoms with E-state index in [2.05, 4.69) is 16.8 Å². The largest absolute Gasteiger partial charge is 0.386 e. The predicted molar refractivity (Wildman–Crippen MR) is 80.2 cm³/mol. The normalized spacial score (nSPS) is 21.5. The van der Waals surface area contributed by atoms with Gasteiger partial charge in [-0.1, -0.05) is 6.92 Å². The highest BCUT2D eigenvalue weighted by atomic mass is 19.1. The lowest BCUT2D eigenvalue weighted by molar-refractivity contribution is 0.0817. The molecule has 2 fully saturated rings. The molecular weight excluding hydrogens is 267 g/mol. The molecule has 2 saturated carbocycles. The third kappa shape index (κ3) is 4.48. The van der Waals surface area contributed by atoms with Gasteiger partial charge in [-0.05, 0) is 49.7 Å². The number of hydrogen-bond acceptors (Lipinski definition) is 3. The summed E-state index contributed by atoms with van der Waals surface area (Å²) in [6, 6.07) is 2.95. The average Bonchev–Trinajstić information content (AvgIpc) is 3.35. The highest BCUT2D eigenvalue weighted by molar-refractivity contribution is 5.09. The molecule has 0 bridgehead atoms. The SMILES string of the molecule is CC(CN(CC1CC1)CC1CC1)C(O)c1ccc(F)cn1. The van der Waals surface area contributed by atoms with Crippen LogP contribution in [0.15, 0.2) is 18.3 Å². The topological polar surface area (TPSA) is 36.4 Å². The molecule has 1 aromatic rings. The predicted octanol–water partition coefficient (Wildman–Crippen LogP) is 3.01. The molecule has 0 amide bonds. The van der Waals surface area contributed by atoms with Crippen LogP contribution in [0.3, 0.4) is 0 Å². The van der Waals surface area contributed by atoms with E-state index in [0.717, 1.165) is 18.4 Å². The number of aromatic nitrogens is 1. The van der Waals surface area contributed by atoms with E-state index in [1.165, 1.54) is 51.0 Å². The van der Waals surface area contributed by atoms with Crippen molar-refractivity contribution in [2.45, 2.75) is 38.7 Å². The molecule has 2 aliphatic rings. The maximum atomic E-state index is 12.9. The van der Waals surface area contributed by atoms with Crippen LogP contribution >= 0.6 is 0 Å². The Hall–Kier alpha value is -1.00. The fourth-order valence-electron chi connectivity index (χ4n) is 2.92. The van der Waals surface area contributed by atoms with Crippen LogP contribution in [0.5, 0.6) is 0 Å². The number of aliphatic hydroxyl groups is 1. The van der Waals surface area contributed by atoms with E-state index >= 15 is 0 Å². The first-order chi connectivity index (χ1) is 10.1. The Kier molecular flexibility index (Phi) is 4.55. The molecule has 0 aromatic carbocycles. The van der Waals surface area contributed by atoms with Gasteiger partial charge >= 0.3 is 0 Å². The molecule has 0 saturated heterocycles. The number of rotatable bonds is 8. The van der Waals surface area contributed by atoms with Crippen LogP contribution in [0.4, 0.5) is 4.39 Å². The molecule has 3 rings (SSSR count). The Morgan fingerprint density at radius 3 is 2.33 bits per heavy atom. The summed E-state index contributed by atoms with van der Waals surface area (Å²) in [6.07, 6.45) is 5.99. The standard InChI is InChI=1S/C17H25FN2O/c1-12(17(21)16-7-6-15(18)8-19-16)9-20(10-13-2-3-13)11-14-4-5-14/h6-8,12-14,17,21H,2-5,9-11H2,1H3. The summed E-state index contributed by atoms with van der Waals surface area (Å²) in [6.45, 7) is 5.30. The molecule has 3 nitrogen and oxygen atoms in total. The lowest BCUT2D eigenvalue weighted by Crippen LogP contribution is -2.34. The van der Waals surface area contributed by atoms with E-state index in [1.54, 1.807) is 6.07 Å². The average molecular weight is 292 g/mol. The first-order valence-electron chi connectivity index (χ1n) is 8.13. The number of nitrogens with zero attached hydrogens (tertiary/aromatic N) is 2. The van der Waals surface area contributed by atoms with Crippen molar-refractivity contribution in [2.24, 2.45) is 17.8 Å². The van der Waals surface area contributed by atoms with Crippen molar-refractivity contribution < 1.29 is 9.50 Å². The van der Waals surface area contributed by atoms with E-state index in [-0.39, 0.29) is 11.7 Å². The van der Waals surface area contributed by atoms with Crippen molar-refractivity contribution in [1.29, 1.82) is 0 Å². The van der Waals surface area contributed by atoms with Crippen molar-refractivity contribution in [3.63, 3.8) is 0 Å². The number of aliphatic hydroxyl groups excluding tert-OH is 1. The summed E-state index contributed by atoms with van der Waals surface area (Å²) in [5, 5.41) is 10.4. The Bertz CT molecular complexity index is 442. The minimum absolute atomic E-state index is 0.112. The Morgan fingerprint density at radius 1 is 1.24 bits per heavy atom. The van der Waals surface area contributed by atoms with Gasteiger partial charge < -0.3 is 10.0 Å². The Balaban J connectivity index is 1.56. The molecule has 0 radical (unpaired) electrons. The van der Waals surface area contributed by atoms with Gasteiger partial charge in [0.25, 0.3) is 0 Å². The van der Waals surface area contributed by atoms with Gasteiger partial charge in [0.2, 0.25) is 0 Å². The molecule has 2 atom stereocenters. The molecule has 0 spiro atoms. The van der Waals surface area contributed by atoms with Gasteiger partial charge in [0.05, 0.1) is 18.0 Å². The maximum Gasteiger partial charge on any atom is 0.141 e.